The standard InChI is InChI=1S/C18H25FO/c1-20-14-16-7-11-18(12-8-16)17-9-5-15(6-10-17)4-2-3-13-19/h3,5-6,9-10,13,16,18H,2,4,7-8,11-12,14H2,1H3. The maximum Gasteiger partial charge on any atom is 0.0827 e. The van der Waals surface area contributed by atoms with Crippen molar-refractivity contribution < 1.29 is 9.13 Å². The second-order valence-corrected chi connectivity index (χ2v) is 5.81. The van der Waals surface area contributed by atoms with Crippen LogP contribution in [0.1, 0.15) is 49.1 Å². The Labute approximate surface area is 121 Å². The highest BCUT2D eigenvalue weighted by Crippen LogP contribution is 2.35. The maximum absolute atomic E-state index is 11.9. The quantitative estimate of drug-likeness (QED) is 0.708. The topological polar surface area (TPSA) is 9.23 Å². The lowest BCUT2D eigenvalue weighted by molar-refractivity contribution is 0.127. The summed E-state index contributed by atoms with van der Waals surface area (Å²) in [5.41, 5.74) is 2.76. The Hall–Kier alpha value is -1.15. The summed E-state index contributed by atoms with van der Waals surface area (Å²) in [5, 5.41) is 0. The van der Waals surface area contributed by atoms with Gasteiger partial charge in [0.15, 0.2) is 0 Å². The van der Waals surface area contributed by atoms with Crippen molar-refractivity contribution in [3.8, 4) is 0 Å². The van der Waals surface area contributed by atoms with Crippen molar-refractivity contribution in [2.75, 3.05) is 13.7 Å². The summed E-state index contributed by atoms with van der Waals surface area (Å²) < 4.78 is 17.2. The molecule has 1 aliphatic rings. The average Bonchev–Trinajstić information content (AvgIpc) is 2.49. The number of rotatable bonds is 6. The molecule has 0 atom stereocenters. The van der Waals surface area contributed by atoms with Crippen molar-refractivity contribution in [3.05, 3.63) is 47.8 Å². The van der Waals surface area contributed by atoms with E-state index in [9.17, 15) is 4.39 Å². The Morgan fingerprint density at radius 3 is 2.45 bits per heavy atom. The van der Waals surface area contributed by atoms with Crippen LogP contribution in [0.4, 0.5) is 4.39 Å². The van der Waals surface area contributed by atoms with Crippen LogP contribution in [0, 0.1) is 5.92 Å². The molecular formula is C18H25FO. The van der Waals surface area contributed by atoms with E-state index < -0.39 is 0 Å². The van der Waals surface area contributed by atoms with Crippen LogP contribution in [0.25, 0.3) is 0 Å². The molecule has 1 aromatic carbocycles. The van der Waals surface area contributed by atoms with Crippen LogP contribution in [0.15, 0.2) is 36.7 Å². The number of hydrogen-bond acceptors (Lipinski definition) is 1. The van der Waals surface area contributed by atoms with E-state index in [4.69, 9.17) is 4.74 Å². The van der Waals surface area contributed by atoms with Gasteiger partial charge in [-0.3, -0.25) is 0 Å². The summed E-state index contributed by atoms with van der Waals surface area (Å²) in [5.74, 6) is 1.46. The minimum Gasteiger partial charge on any atom is -0.384 e. The van der Waals surface area contributed by atoms with Gasteiger partial charge < -0.3 is 4.74 Å². The van der Waals surface area contributed by atoms with Crippen molar-refractivity contribution >= 4 is 0 Å². The van der Waals surface area contributed by atoms with Gasteiger partial charge in [0, 0.05) is 13.7 Å². The van der Waals surface area contributed by atoms with Crippen molar-refractivity contribution in [2.45, 2.75) is 44.4 Å². The molecule has 0 saturated heterocycles. The molecule has 0 aliphatic heterocycles. The molecule has 1 saturated carbocycles. The number of halogens is 1. The average molecular weight is 276 g/mol. The van der Waals surface area contributed by atoms with Gasteiger partial charge in [-0.1, -0.05) is 30.3 Å². The molecule has 1 aromatic rings. The largest absolute Gasteiger partial charge is 0.384 e. The first-order valence-electron chi connectivity index (χ1n) is 7.66. The summed E-state index contributed by atoms with van der Waals surface area (Å²) >= 11 is 0. The first-order valence-corrected chi connectivity index (χ1v) is 7.66. The van der Waals surface area contributed by atoms with Gasteiger partial charge in [-0.05, 0) is 61.5 Å². The molecule has 110 valence electrons. The Balaban J connectivity index is 1.84. The first kappa shape index (κ1) is 15.2. The number of hydrogen-bond donors (Lipinski definition) is 0. The molecule has 1 aliphatic carbocycles. The predicted molar refractivity (Wildman–Crippen MR) is 81.6 cm³/mol. The lowest BCUT2D eigenvalue weighted by Gasteiger charge is -2.28. The summed E-state index contributed by atoms with van der Waals surface area (Å²) in [4.78, 5) is 0. The van der Waals surface area contributed by atoms with E-state index in [0.29, 0.717) is 12.2 Å². The van der Waals surface area contributed by atoms with Gasteiger partial charge >= 0.3 is 0 Å². The molecular weight excluding hydrogens is 251 g/mol. The monoisotopic (exact) mass is 276 g/mol. The highest BCUT2D eigenvalue weighted by Gasteiger charge is 2.22. The molecule has 0 spiro atoms. The maximum atomic E-state index is 11.9. The highest BCUT2D eigenvalue weighted by molar-refractivity contribution is 5.26. The molecule has 0 amide bonds. The van der Waals surface area contributed by atoms with E-state index in [0.717, 1.165) is 25.4 Å². The van der Waals surface area contributed by atoms with Crippen LogP contribution in [0.5, 0.6) is 0 Å². The second-order valence-electron chi connectivity index (χ2n) is 5.81. The lowest BCUT2D eigenvalue weighted by Crippen LogP contribution is -2.17. The zero-order chi connectivity index (χ0) is 14.2. The van der Waals surface area contributed by atoms with Crippen LogP contribution < -0.4 is 0 Å². The Morgan fingerprint density at radius 1 is 1.15 bits per heavy atom. The minimum absolute atomic E-state index is 0.632. The second kappa shape index (κ2) is 8.21. The first-order chi connectivity index (χ1) is 9.83. The molecule has 1 fully saturated rings. The fourth-order valence-corrected chi connectivity index (χ4v) is 3.17. The van der Waals surface area contributed by atoms with E-state index in [-0.39, 0.29) is 0 Å². The van der Waals surface area contributed by atoms with Crippen LogP contribution in [-0.4, -0.2) is 13.7 Å². The van der Waals surface area contributed by atoms with E-state index in [1.807, 2.05) is 0 Å². The smallest absolute Gasteiger partial charge is 0.0827 e. The third kappa shape index (κ3) is 4.45. The Bertz CT molecular complexity index is 402. The van der Waals surface area contributed by atoms with Crippen LogP contribution >= 0.6 is 0 Å². The highest BCUT2D eigenvalue weighted by atomic mass is 19.1. The molecule has 0 radical (unpaired) electrons. The zero-order valence-corrected chi connectivity index (χ0v) is 12.4. The lowest BCUT2D eigenvalue weighted by atomic mass is 9.79. The fraction of sp³-hybridized carbons (Fsp3) is 0.556. The van der Waals surface area contributed by atoms with E-state index in [2.05, 4.69) is 24.3 Å². The molecule has 0 bridgehead atoms. The fourth-order valence-electron chi connectivity index (χ4n) is 3.17. The van der Waals surface area contributed by atoms with Crippen molar-refractivity contribution in [1.82, 2.24) is 0 Å². The van der Waals surface area contributed by atoms with E-state index in [1.165, 1.54) is 36.8 Å². The van der Waals surface area contributed by atoms with Gasteiger partial charge in [0.2, 0.25) is 0 Å². The van der Waals surface area contributed by atoms with E-state index in [1.54, 1.807) is 13.2 Å². The molecule has 0 N–H and O–H groups in total. The Morgan fingerprint density at radius 2 is 1.85 bits per heavy atom. The number of aryl methyl sites for hydroxylation is 1. The van der Waals surface area contributed by atoms with Crippen molar-refractivity contribution in [1.29, 1.82) is 0 Å². The van der Waals surface area contributed by atoms with Gasteiger partial charge in [0.25, 0.3) is 0 Å². The Kier molecular flexibility index (Phi) is 6.25. The van der Waals surface area contributed by atoms with Gasteiger partial charge in [-0.15, -0.1) is 0 Å². The number of ether oxygens (including phenoxy) is 1. The third-order valence-electron chi connectivity index (χ3n) is 4.39. The number of methoxy groups -OCH3 is 1. The van der Waals surface area contributed by atoms with Gasteiger partial charge in [-0.25, -0.2) is 4.39 Å². The number of benzene rings is 1. The van der Waals surface area contributed by atoms with Crippen LogP contribution in [-0.2, 0) is 11.2 Å². The summed E-state index contributed by atoms with van der Waals surface area (Å²) in [7, 11) is 1.79. The van der Waals surface area contributed by atoms with Crippen molar-refractivity contribution in [3.63, 3.8) is 0 Å². The van der Waals surface area contributed by atoms with Gasteiger partial charge in [0.05, 0.1) is 6.33 Å². The van der Waals surface area contributed by atoms with Crippen LogP contribution in [0.3, 0.4) is 0 Å². The molecule has 1 nitrogen and oxygen atoms in total. The minimum atomic E-state index is 0.632. The third-order valence-corrected chi connectivity index (χ3v) is 4.39. The van der Waals surface area contributed by atoms with E-state index >= 15 is 0 Å². The molecule has 20 heavy (non-hydrogen) atoms. The molecule has 2 rings (SSSR count). The molecule has 0 unspecified atom stereocenters. The van der Waals surface area contributed by atoms with Gasteiger partial charge in [0.1, 0.15) is 0 Å². The molecule has 2 heteroatoms. The normalized spacial score (nSPS) is 23.3. The van der Waals surface area contributed by atoms with Crippen LogP contribution in [0.2, 0.25) is 0 Å². The summed E-state index contributed by atoms with van der Waals surface area (Å²) in [6.07, 6.45) is 9.01. The summed E-state index contributed by atoms with van der Waals surface area (Å²) in [6.45, 7) is 0.910. The number of allylic oxidation sites excluding steroid dienone is 1. The summed E-state index contributed by atoms with van der Waals surface area (Å²) in [6, 6.07) is 8.91. The van der Waals surface area contributed by atoms with Gasteiger partial charge in [-0.2, -0.15) is 0 Å². The molecule has 0 aromatic heterocycles. The SMILES string of the molecule is COCC1CCC(c2ccc(CCC=CF)cc2)CC1. The molecule has 0 heterocycles. The zero-order valence-electron chi connectivity index (χ0n) is 12.4. The predicted octanol–water partition coefficient (Wildman–Crippen LogP) is 5.02. The van der Waals surface area contributed by atoms with Crippen molar-refractivity contribution in [2.24, 2.45) is 5.92 Å².